The summed E-state index contributed by atoms with van der Waals surface area (Å²) in [5.41, 5.74) is 2.14. The van der Waals surface area contributed by atoms with Gasteiger partial charge in [-0.15, -0.1) is 0 Å². The Labute approximate surface area is 155 Å². The first-order valence-corrected chi connectivity index (χ1v) is 9.86. The van der Waals surface area contributed by atoms with Gasteiger partial charge in [0, 0.05) is 26.2 Å². The average Bonchev–Trinajstić information content (AvgIpc) is 3.08. The lowest BCUT2D eigenvalue weighted by Crippen LogP contribution is -2.40. The Hall–Kier alpha value is -2.24. The van der Waals surface area contributed by atoms with Gasteiger partial charge < -0.3 is 20.4 Å². The molecule has 0 aromatic heterocycles. The lowest BCUT2D eigenvalue weighted by Gasteiger charge is -2.25. The number of hydrogen-bond acceptors (Lipinski definition) is 4. The van der Waals surface area contributed by atoms with Crippen molar-refractivity contribution in [3.05, 3.63) is 24.3 Å². The molecule has 2 N–H and O–H groups in total. The molecule has 26 heavy (non-hydrogen) atoms. The van der Waals surface area contributed by atoms with Crippen molar-refractivity contribution in [2.75, 3.05) is 49.5 Å². The van der Waals surface area contributed by atoms with Gasteiger partial charge >= 0.3 is 0 Å². The maximum Gasteiger partial charge on any atom is 0.241 e. The van der Waals surface area contributed by atoms with Crippen molar-refractivity contribution in [1.29, 1.82) is 0 Å². The van der Waals surface area contributed by atoms with Crippen LogP contribution in [0.5, 0.6) is 0 Å². The van der Waals surface area contributed by atoms with Crippen LogP contribution < -0.4 is 15.5 Å². The predicted octanol–water partition coefficient (Wildman–Crippen LogP) is 2.22. The van der Waals surface area contributed by atoms with Crippen molar-refractivity contribution in [3.8, 4) is 0 Å². The van der Waals surface area contributed by atoms with Crippen LogP contribution in [0.2, 0.25) is 0 Å². The highest BCUT2D eigenvalue weighted by atomic mass is 16.2. The van der Waals surface area contributed by atoms with Gasteiger partial charge in [0.05, 0.1) is 24.5 Å². The second-order valence-electron chi connectivity index (χ2n) is 7.14. The zero-order valence-electron chi connectivity index (χ0n) is 15.5. The van der Waals surface area contributed by atoms with E-state index >= 15 is 0 Å². The molecule has 6 nitrogen and oxygen atoms in total. The molecule has 1 aromatic carbocycles. The zero-order chi connectivity index (χ0) is 18.2. The normalized spacial score (nSPS) is 17.7. The van der Waals surface area contributed by atoms with Gasteiger partial charge in [0.15, 0.2) is 0 Å². The number of hydrogen-bond donors (Lipinski definition) is 2. The summed E-state index contributed by atoms with van der Waals surface area (Å²) in [4.78, 5) is 28.4. The molecule has 2 fully saturated rings. The standard InChI is InChI=1S/C20H30N4O2/c25-19(22-16-20(26)24-13-7-8-14-24)15-21-17-9-3-4-10-18(17)23-11-5-1-2-6-12-23/h3-4,9-10,21H,1-2,5-8,11-16H2,(H,22,25). The molecule has 2 aliphatic rings. The van der Waals surface area contributed by atoms with Crippen molar-refractivity contribution in [3.63, 3.8) is 0 Å². The molecule has 1 aromatic rings. The Bertz CT molecular complexity index is 606. The maximum absolute atomic E-state index is 12.1. The minimum absolute atomic E-state index is 0.0146. The molecule has 2 amide bonds. The second kappa shape index (κ2) is 9.46. The first kappa shape index (κ1) is 18.5. The van der Waals surface area contributed by atoms with E-state index in [2.05, 4.69) is 21.6 Å². The molecular weight excluding hydrogens is 328 g/mol. The van der Waals surface area contributed by atoms with Gasteiger partial charge in [-0.3, -0.25) is 9.59 Å². The van der Waals surface area contributed by atoms with Crippen LogP contribution >= 0.6 is 0 Å². The maximum atomic E-state index is 12.1. The molecule has 0 saturated carbocycles. The number of anilines is 2. The minimum atomic E-state index is -0.150. The monoisotopic (exact) mass is 358 g/mol. The molecule has 0 spiro atoms. The molecule has 3 rings (SSSR count). The van der Waals surface area contributed by atoms with Crippen LogP contribution in [0.15, 0.2) is 24.3 Å². The Balaban J connectivity index is 1.49. The van der Waals surface area contributed by atoms with E-state index in [0.29, 0.717) is 0 Å². The fourth-order valence-corrected chi connectivity index (χ4v) is 3.70. The van der Waals surface area contributed by atoms with Crippen LogP contribution in [-0.4, -0.2) is 56.0 Å². The van der Waals surface area contributed by atoms with Gasteiger partial charge in [-0.2, -0.15) is 0 Å². The number of para-hydroxylation sites is 2. The molecule has 2 saturated heterocycles. The predicted molar refractivity (Wildman–Crippen MR) is 104 cm³/mol. The number of benzene rings is 1. The van der Waals surface area contributed by atoms with Crippen LogP contribution in [0.1, 0.15) is 38.5 Å². The summed E-state index contributed by atoms with van der Waals surface area (Å²) >= 11 is 0. The van der Waals surface area contributed by atoms with E-state index in [0.717, 1.165) is 50.4 Å². The second-order valence-corrected chi connectivity index (χ2v) is 7.14. The van der Waals surface area contributed by atoms with Gasteiger partial charge in [0.1, 0.15) is 0 Å². The quantitative estimate of drug-likeness (QED) is 0.818. The Morgan fingerprint density at radius 2 is 1.50 bits per heavy atom. The SMILES string of the molecule is O=C(CNc1ccccc1N1CCCCCC1)NCC(=O)N1CCCC1. The van der Waals surface area contributed by atoms with Crippen LogP contribution in [0, 0.1) is 0 Å². The lowest BCUT2D eigenvalue weighted by atomic mass is 10.2. The molecule has 2 aliphatic heterocycles. The Morgan fingerprint density at radius 3 is 2.23 bits per heavy atom. The summed E-state index contributed by atoms with van der Waals surface area (Å²) in [7, 11) is 0. The van der Waals surface area contributed by atoms with Crippen molar-refractivity contribution in [2.45, 2.75) is 38.5 Å². The van der Waals surface area contributed by atoms with Crippen LogP contribution in [-0.2, 0) is 9.59 Å². The summed E-state index contributed by atoms with van der Waals surface area (Å²) in [5.74, 6) is -0.135. The molecular formula is C20H30N4O2. The summed E-state index contributed by atoms with van der Waals surface area (Å²) in [6, 6.07) is 8.16. The van der Waals surface area contributed by atoms with Crippen molar-refractivity contribution in [1.82, 2.24) is 10.2 Å². The number of carbonyl (C=O) groups excluding carboxylic acids is 2. The highest BCUT2D eigenvalue weighted by Gasteiger charge is 2.18. The Kier molecular flexibility index (Phi) is 6.75. The highest BCUT2D eigenvalue weighted by molar-refractivity contribution is 5.87. The summed E-state index contributed by atoms with van der Waals surface area (Å²) in [6.07, 6.45) is 7.14. The third-order valence-corrected chi connectivity index (χ3v) is 5.19. The van der Waals surface area contributed by atoms with Gasteiger partial charge in [0.25, 0.3) is 0 Å². The number of likely N-dealkylation sites (tertiary alicyclic amines) is 1. The van der Waals surface area contributed by atoms with E-state index in [-0.39, 0.29) is 24.9 Å². The van der Waals surface area contributed by atoms with Crippen LogP contribution in [0.4, 0.5) is 11.4 Å². The van der Waals surface area contributed by atoms with E-state index < -0.39 is 0 Å². The number of nitrogens with one attached hydrogen (secondary N) is 2. The van der Waals surface area contributed by atoms with E-state index in [9.17, 15) is 9.59 Å². The van der Waals surface area contributed by atoms with Gasteiger partial charge in [-0.05, 0) is 37.8 Å². The van der Waals surface area contributed by atoms with E-state index in [1.165, 1.54) is 25.7 Å². The average molecular weight is 358 g/mol. The number of rotatable bonds is 6. The van der Waals surface area contributed by atoms with Crippen molar-refractivity contribution < 1.29 is 9.59 Å². The fraction of sp³-hybridized carbons (Fsp3) is 0.600. The molecule has 0 bridgehead atoms. The van der Waals surface area contributed by atoms with Crippen LogP contribution in [0.25, 0.3) is 0 Å². The number of amides is 2. The topological polar surface area (TPSA) is 64.7 Å². The molecule has 0 atom stereocenters. The van der Waals surface area contributed by atoms with Crippen molar-refractivity contribution in [2.24, 2.45) is 0 Å². The minimum Gasteiger partial charge on any atom is -0.374 e. The van der Waals surface area contributed by atoms with Crippen LogP contribution in [0.3, 0.4) is 0 Å². The summed E-state index contributed by atoms with van der Waals surface area (Å²) in [5, 5.41) is 5.98. The van der Waals surface area contributed by atoms with Gasteiger partial charge in [-0.25, -0.2) is 0 Å². The lowest BCUT2D eigenvalue weighted by molar-refractivity contribution is -0.131. The summed E-state index contributed by atoms with van der Waals surface area (Å²) < 4.78 is 0. The zero-order valence-corrected chi connectivity index (χ0v) is 15.5. The van der Waals surface area contributed by atoms with E-state index in [1.54, 1.807) is 0 Å². The summed E-state index contributed by atoms with van der Waals surface area (Å²) in [6.45, 7) is 4.03. The molecule has 0 aliphatic carbocycles. The number of carbonyl (C=O) groups is 2. The molecule has 0 unspecified atom stereocenters. The first-order valence-electron chi connectivity index (χ1n) is 9.86. The molecule has 0 radical (unpaired) electrons. The van der Waals surface area contributed by atoms with Gasteiger partial charge in [-0.1, -0.05) is 25.0 Å². The highest BCUT2D eigenvalue weighted by Crippen LogP contribution is 2.27. The van der Waals surface area contributed by atoms with Crippen molar-refractivity contribution >= 4 is 23.2 Å². The molecule has 142 valence electrons. The smallest absolute Gasteiger partial charge is 0.241 e. The van der Waals surface area contributed by atoms with E-state index in [1.807, 2.05) is 23.1 Å². The van der Waals surface area contributed by atoms with Gasteiger partial charge in [0.2, 0.25) is 11.8 Å². The largest absolute Gasteiger partial charge is 0.374 e. The van der Waals surface area contributed by atoms with E-state index in [4.69, 9.17) is 0 Å². The molecule has 2 heterocycles. The Morgan fingerprint density at radius 1 is 0.846 bits per heavy atom. The first-order chi connectivity index (χ1) is 12.7. The molecule has 6 heteroatoms. The third kappa shape index (κ3) is 5.13. The number of nitrogens with zero attached hydrogens (tertiary/aromatic N) is 2. The fourth-order valence-electron chi connectivity index (χ4n) is 3.70. The third-order valence-electron chi connectivity index (χ3n) is 5.19.